The second kappa shape index (κ2) is 6.48. The molecule has 96 valence electrons. The molecule has 16 heavy (non-hydrogen) atoms. The number of aliphatic hydroxyl groups excluding tert-OH is 1. The molecule has 0 aromatic carbocycles. The highest BCUT2D eigenvalue weighted by Gasteiger charge is 2.43. The van der Waals surface area contributed by atoms with Crippen molar-refractivity contribution in [3.05, 3.63) is 0 Å². The van der Waals surface area contributed by atoms with Gasteiger partial charge in [-0.3, -0.25) is 0 Å². The van der Waals surface area contributed by atoms with Crippen LogP contribution in [0.3, 0.4) is 0 Å². The highest BCUT2D eigenvalue weighted by Crippen LogP contribution is 2.23. The van der Waals surface area contributed by atoms with Crippen molar-refractivity contribution in [3.8, 4) is 0 Å². The van der Waals surface area contributed by atoms with Crippen molar-refractivity contribution in [1.29, 1.82) is 0 Å². The number of aliphatic hydroxyl groups is 1. The lowest BCUT2D eigenvalue weighted by atomic mass is 10.0. The predicted octanol–water partition coefficient (Wildman–Crippen LogP) is -0.605. The molecule has 1 rings (SSSR count). The molecule has 6 heteroatoms. The number of hydrogen-bond donors (Lipinski definition) is 1. The summed E-state index contributed by atoms with van der Waals surface area (Å²) in [5, 5.41) is 9.74. The maximum atomic E-state index is 9.74. The molecule has 0 aromatic heterocycles. The zero-order valence-electron chi connectivity index (χ0n) is 10.1. The number of rotatable bonds is 4. The van der Waals surface area contributed by atoms with Gasteiger partial charge in [0.2, 0.25) is 0 Å². The fourth-order valence-electron chi connectivity index (χ4n) is 1.95. The van der Waals surface area contributed by atoms with Crippen molar-refractivity contribution in [2.24, 2.45) is 0 Å². The van der Waals surface area contributed by atoms with E-state index in [2.05, 4.69) is 0 Å². The summed E-state index contributed by atoms with van der Waals surface area (Å²) in [7, 11) is 6.15. The molecule has 0 radical (unpaired) electrons. The largest absolute Gasteiger partial charge is 0.376 e. The monoisotopic (exact) mass is 236 g/mol. The van der Waals surface area contributed by atoms with E-state index >= 15 is 0 Å². The van der Waals surface area contributed by atoms with Crippen LogP contribution in [0.4, 0.5) is 0 Å². The Morgan fingerprint density at radius 1 is 0.875 bits per heavy atom. The van der Waals surface area contributed by atoms with Crippen LogP contribution in [-0.4, -0.2) is 70.9 Å². The Hall–Kier alpha value is -0.240. The third-order valence-corrected chi connectivity index (χ3v) is 2.85. The van der Waals surface area contributed by atoms with E-state index in [4.69, 9.17) is 23.7 Å². The maximum Gasteiger partial charge on any atom is 0.183 e. The van der Waals surface area contributed by atoms with E-state index in [0.717, 1.165) is 0 Å². The van der Waals surface area contributed by atoms with E-state index in [9.17, 15) is 5.11 Å². The molecule has 1 aliphatic rings. The summed E-state index contributed by atoms with van der Waals surface area (Å²) in [6.45, 7) is 0.232. The van der Waals surface area contributed by atoms with Crippen LogP contribution >= 0.6 is 0 Å². The lowest BCUT2D eigenvalue weighted by Gasteiger charge is -2.31. The first kappa shape index (κ1) is 13.8. The SMILES string of the molecule is CO[C@@H]1[C@@H](OC)[C@@H](O)OC[C@@H](OC)[C@@H]1OC. The normalized spacial score (nSPS) is 40.7. The molecule has 1 heterocycles. The van der Waals surface area contributed by atoms with Crippen molar-refractivity contribution in [1.82, 2.24) is 0 Å². The smallest absolute Gasteiger partial charge is 0.183 e. The Balaban J connectivity index is 2.88. The molecule has 0 spiro atoms. The van der Waals surface area contributed by atoms with Crippen LogP contribution in [0, 0.1) is 0 Å². The molecular formula is C10H20O6. The van der Waals surface area contributed by atoms with Crippen LogP contribution in [0.15, 0.2) is 0 Å². The lowest BCUT2D eigenvalue weighted by molar-refractivity contribution is -0.197. The summed E-state index contributed by atoms with van der Waals surface area (Å²) < 4.78 is 26.3. The molecule has 0 saturated carbocycles. The van der Waals surface area contributed by atoms with Gasteiger partial charge in [0.25, 0.3) is 0 Å². The van der Waals surface area contributed by atoms with Crippen molar-refractivity contribution < 1.29 is 28.8 Å². The van der Waals surface area contributed by atoms with Crippen LogP contribution in [-0.2, 0) is 23.7 Å². The lowest BCUT2D eigenvalue weighted by Crippen LogP contribution is -2.49. The van der Waals surface area contributed by atoms with Crippen LogP contribution in [0.2, 0.25) is 0 Å². The van der Waals surface area contributed by atoms with E-state index in [1.54, 1.807) is 14.2 Å². The molecular weight excluding hydrogens is 216 g/mol. The molecule has 1 saturated heterocycles. The van der Waals surface area contributed by atoms with E-state index in [1.165, 1.54) is 14.2 Å². The fraction of sp³-hybridized carbons (Fsp3) is 1.00. The Morgan fingerprint density at radius 2 is 1.44 bits per heavy atom. The van der Waals surface area contributed by atoms with Gasteiger partial charge in [-0.1, -0.05) is 0 Å². The fourth-order valence-corrected chi connectivity index (χ4v) is 1.95. The molecule has 0 amide bonds. The standard InChI is InChI=1S/C10H20O6/c1-12-6-5-16-10(11)9(15-4)8(14-3)7(6)13-2/h6-11H,5H2,1-4H3/t6-,7+,8+,9-,10+/m1/s1. The molecule has 0 aliphatic carbocycles. The molecule has 1 aliphatic heterocycles. The average Bonchev–Trinajstić information content (AvgIpc) is 2.44. The quantitative estimate of drug-likeness (QED) is 0.703. The summed E-state index contributed by atoms with van der Waals surface area (Å²) in [4.78, 5) is 0. The second-order valence-corrected chi connectivity index (χ2v) is 3.60. The number of ether oxygens (including phenoxy) is 5. The van der Waals surface area contributed by atoms with Crippen LogP contribution in [0.1, 0.15) is 0 Å². The minimum Gasteiger partial charge on any atom is -0.376 e. The van der Waals surface area contributed by atoms with E-state index in [0.29, 0.717) is 0 Å². The highest BCUT2D eigenvalue weighted by atomic mass is 16.7. The predicted molar refractivity (Wildman–Crippen MR) is 55.1 cm³/mol. The summed E-state index contributed by atoms with van der Waals surface area (Å²) in [6, 6.07) is 0. The zero-order chi connectivity index (χ0) is 12.1. The van der Waals surface area contributed by atoms with Gasteiger partial charge in [0.05, 0.1) is 6.61 Å². The maximum absolute atomic E-state index is 9.74. The van der Waals surface area contributed by atoms with Crippen LogP contribution in [0.5, 0.6) is 0 Å². The van der Waals surface area contributed by atoms with Gasteiger partial charge in [0, 0.05) is 28.4 Å². The van der Waals surface area contributed by atoms with Crippen LogP contribution in [0.25, 0.3) is 0 Å². The van der Waals surface area contributed by atoms with Gasteiger partial charge in [0.1, 0.15) is 24.4 Å². The van der Waals surface area contributed by atoms with E-state index in [1.807, 2.05) is 0 Å². The van der Waals surface area contributed by atoms with Gasteiger partial charge in [-0.2, -0.15) is 0 Å². The zero-order valence-corrected chi connectivity index (χ0v) is 10.1. The number of hydrogen-bond acceptors (Lipinski definition) is 6. The van der Waals surface area contributed by atoms with Crippen LogP contribution < -0.4 is 0 Å². The molecule has 1 fully saturated rings. The third kappa shape index (κ3) is 2.71. The van der Waals surface area contributed by atoms with Gasteiger partial charge in [-0.15, -0.1) is 0 Å². The Morgan fingerprint density at radius 3 is 1.88 bits per heavy atom. The van der Waals surface area contributed by atoms with Crippen molar-refractivity contribution >= 4 is 0 Å². The first-order chi connectivity index (χ1) is 7.69. The molecule has 5 atom stereocenters. The van der Waals surface area contributed by atoms with Gasteiger partial charge in [-0.25, -0.2) is 0 Å². The van der Waals surface area contributed by atoms with Crippen molar-refractivity contribution in [2.45, 2.75) is 30.7 Å². The van der Waals surface area contributed by atoms with E-state index in [-0.39, 0.29) is 18.8 Å². The topological polar surface area (TPSA) is 66.4 Å². The minimum absolute atomic E-state index is 0.232. The van der Waals surface area contributed by atoms with Crippen molar-refractivity contribution in [3.63, 3.8) is 0 Å². The van der Waals surface area contributed by atoms with Gasteiger partial charge in [0.15, 0.2) is 6.29 Å². The molecule has 0 bridgehead atoms. The summed E-state index contributed by atoms with van der Waals surface area (Å²) in [5.74, 6) is 0. The summed E-state index contributed by atoms with van der Waals surface area (Å²) in [6.07, 6.45) is -2.75. The molecule has 0 aromatic rings. The Labute approximate surface area is 95.4 Å². The first-order valence-corrected chi connectivity index (χ1v) is 5.10. The van der Waals surface area contributed by atoms with E-state index < -0.39 is 18.5 Å². The first-order valence-electron chi connectivity index (χ1n) is 5.10. The summed E-state index contributed by atoms with van der Waals surface area (Å²) in [5.41, 5.74) is 0. The van der Waals surface area contributed by atoms with Crippen molar-refractivity contribution in [2.75, 3.05) is 35.0 Å². The van der Waals surface area contributed by atoms with Gasteiger partial charge < -0.3 is 28.8 Å². The number of methoxy groups -OCH3 is 4. The van der Waals surface area contributed by atoms with Gasteiger partial charge >= 0.3 is 0 Å². The molecule has 0 unspecified atom stereocenters. The Bertz CT molecular complexity index is 200. The van der Waals surface area contributed by atoms with Gasteiger partial charge in [-0.05, 0) is 0 Å². The third-order valence-electron chi connectivity index (χ3n) is 2.85. The second-order valence-electron chi connectivity index (χ2n) is 3.60. The molecule has 6 nitrogen and oxygen atoms in total. The Kier molecular flexibility index (Phi) is 5.60. The highest BCUT2D eigenvalue weighted by molar-refractivity contribution is 4.89. The summed E-state index contributed by atoms with van der Waals surface area (Å²) >= 11 is 0. The average molecular weight is 236 g/mol. The molecule has 1 N–H and O–H groups in total. The minimum atomic E-state index is -1.05.